The molecular weight excluding hydrogens is 428 g/mol. The molecule has 0 saturated carbocycles. The third kappa shape index (κ3) is 5.71. The molecule has 0 atom stereocenters. The zero-order chi connectivity index (χ0) is 20.2. The third-order valence-electron chi connectivity index (χ3n) is 3.47. The van der Waals surface area contributed by atoms with E-state index in [4.69, 9.17) is 27.9 Å². The lowest BCUT2D eigenvalue weighted by Gasteiger charge is -2.18. The van der Waals surface area contributed by atoms with E-state index in [1.165, 1.54) is 7.05 Å². The quantitative estimate of drug-likeness (QED) is 0.592. The molecule has 1 aromatic heterocycles. The largest absolute Gasteiger partial charge is 0.493 e. The third-order valence-corrected chi connectivity index (χ3v) is 5.92. The van der Waals surface area contributed by atoms with Crippen molar-refractivity contribution in [1.29, 1.82) is 0 Å². The summed E-state index contributed by atoms with van der Waals surface area (Å²) in [5, 5.41) is -0.711. The molecule has 1 aromatic carbocycles. The van der Waals surface area contributed by atoms with Crippen LogP contribution in [-0.2, 0) is 16.2 Å². The highest BCUT2D eigenvalue weighted by molar-refractivity contribution is 7.89. The summed E-state index contributed by atoms with van der Waals surface area (Å²) in [5.74, 6) is 0.542. The Bertz CT molecular complexity index is 908. The Hall–Kier alpha value is -1.55. The Balaban J connectivity index is 1.99. The number of aromatic nitrogens is 1. The molecular formula is C16H15Cl2F3N2O3S. The first-order valence-electron chi connectivity index (χ1n) is 7.59. The fourth-order valence-corrected chi connectivity index (χ4v) is 3.87. The van der Waals surface area contributed by atoms with Gasteiger partial charge < -0.3 is 4.74 Å². The molecule has 2 rings (SSSR count). The molecule has 27 heavy (non-hydrogen) atoms. The standard InChI is InChI=1S/C16H15Cl2F3N2O3S/c1-23(6-3-7-26-13-5-2-4-12(17)9-13)27(24,25)15-14(18)8-11(10-22-15)16(19,20)21/h2,4-5,8-10H,3,6-7H2,1H3. The van der Waals surface area contributed by atoms with Crippen LogP contribution in [0.1, 0.15) is 12.0 Å². The van der Waals surface area contributed by atoms with Gasteiger partial charge in [0.2, 0.25) is 0 Å². The molecule has 0 radical (unpaired) electrons. The average Bonchev–Trinajstić information content (AvgIpc) is 2.57. The summed E-state index contributed by atoms with van der Waals surface area (Å²) in [5.41, 5.74) is -1.12. The maximum Gasteiger partial charge on any atom is 0.417 e. The van der Waals surface area contributed by atoms with Gasteiger partial charge in [-0.2, -0.15) is 17.5 Å². The van der Waals surface area contributed by atoms with Crippen LogP contribution in [-0.4, -0.2) is 37.9 Å². The normalized spacial score (nSPS) is 12.4. The van der Waals surface area contributed by atoms with Gasteiger partial charge in [-0.1, -0.05) is 29.3 Å². The number of pyridine rings is 1. The van der Waals surface area contributed by atoms with Gasteiger partial charge in [-0.15, -0.1) is 0 Å². The first-order chi connectivity index (χ1) is 12.5. The van der Waals surface area contributed by atoms with E-state index in [-0.39, 0.29) is 13.2 Å². The van der Waals surface area contributed by atoms with Gasteiger partial charge in [0.15, 0.2) is 5.03 Å². The summed E-state index contributed by atoms with van der Waals surface area (Å²) in [7, 11) is -2.86. The Morgan fingerprint density at radius 3 is 2.52 bits per heavy atom. The van der Waals surface area contributed by atoms with Gasteiger partial charge >= 0.3 is 6.18 Å². The first-order valence-corrected chi connectivity index (χ1v) is 9.79. The second kappa shape index (κ2) is 8.64. The van der Waals surface area contributed by atoms with Crippen molar-refractivity contribution >= 4 is 33.2 Å². The van der Waals surface area contributed by atoms with E-state index in [1.807, 2.05) is 0 Å². The first kappa shape index (κ1) is 21.7. The number of nitrogens with zero attached hydrogens (tertiary/aromatic N) is 2. The number of alkyl halides is 3. The summed E-state index contributed by atoms with van der Waals surface area (Å²) in [4.78, 5) is 3.40. The highest BCUT2D eigenvalue weighted by Crippen LogP contribution is 2.32. The number of hydrogen-bond acceptors (Lipinski definition) is 4. The van der Waals surface area contributed by atoms with Crippen LogP contribution in [0.4, 0.5) is 13.2 Å². The maximum atomic E-state index is 12.6. The second-order valence-corrected chi connectivity index (χ2v) is 8.30. The van der Waals surface area contributed by atoms with Crippen LogP contribution in [0.3, 0.4) is 0 Å². The summed E-state index contributed by atoms with van der Waals surface area (Å²) in [6.45, 7) is 0.274. The van der Waals surface area contributed by atoms with E-state index < -0.39 is 31.8 Å². The van der Waals surface area contributed by atoms with Gasteiger partial charge in [-0.05, 0) is 30.7 Å². The molecule has 0 fully saturated rings. The Kier molecular flexibility index (Phi) is 6.96. The van der Waals surface area contributed by atoms with Crippen LogP contribution >= 0.6 is 23.2 Å². The molecule has 0 N–H and O–H groups in total. The lowest BCUT2D eigenvalue weighted by atomic mass is 10.3. The Labute approximate surface area is 164 Å². The van der Waals surface area contributed by atoms with Crippen molar-refractivity contribution in [3.05, 3.63) is 52.1 Å². The molecule has 1 heterocycles. The van der Waals surface area contributed by atoms with Crippen LogP contribution in [0.25, 0.3) is 0 Å². The number of hydrogen-bond donors (Lipinski definition) is 0. The summed E-state index contributed by atoms with van der Waals surface area (Å²) >= 11 is 11.5. The lowest BCUT2D eigenvalue weighted by Crippen LogP contribution is -2.30. The minimum Gasteiger partial charge on any atom is -0.493 e. The van der Waals surface area contributed by atoms with E-state index in [2.05, 4.69) is 4.98 Å². The molecule has 5 nitrogen and oxygen atoms in total. The van der Waals surface area contributed by atoms with E-state index >= 15 is 0 Å². The van der Waals surface area contributed by atoms with Crippen LogP contribution in [0.2, 0.25) is 10.0 Å². The molecule has 11 heteroatoms. The molecule has 0 aliphatic carbocycles. The topological polar surface area (TPSA) is 59.5 Å². The van der Waals surface area contributed by atoms with Crippen molar-refractivity contribution in [3.63, 3.8) is 0 Å². The monoisotopic (exact) mass is 442 g/mol. The van der Waals surface area contributed by atoms with E-state index in [0.717, 1.165) is 4.31 Å². The van der Waals surface area contributed by atoms with Crippen molar-refractivity contribution < 1.29 is 26.3 Å². The maximum absolute atomic E-state index is 12.6. The van der Waals surface area contributed by atoms with Crippen molar-refractivity contribution in [3.8, 4) is 5.75 Å². The van der Waals surface area contributed by atoms with E-state index in [0.29, 0.717) is 29.5 Å². The molecule has 0 unspecified atom stereocenters. The summed E-state index contributed by atoms with van der Waals surface area (Å²) < 4.78 is 69.3. The predicted molar refractivity (Wildman–Crippen MR) is 95.6 cm³/mol. The number of halogens is 5. The van der Waals surface area contributed by atoms with Crippen LogP contribution in [0, 0.1) is 0 Å². The fraction of sp³-hybridized carbons (Fsp3) is 0.312. The Morgan fingerprint density at radius 2 is 1.93 bits per heavy atom. The van der Waals surface area contributed by atoms with Crippen molar-refractivity contribution in [2.75, 3.05) is 20.2 Å². The van der Waals surface area contributed by atoms with Gasteiger partial charge in [0.25, 0.3) is 10.0 Å². The second-order valence-electron chi connectivity index (χ2n) is 5.49. The van der Waals surface area contributed by atoms with Crippen molar-refractivity contribution in [1.82, 2.24) is 9.29 Å². The highest BCUT2D eigenvalue weighted by atomic mass is 35.5. The van der Waals surface area contributed by atoms with E-state index in [9.17, 15) is 21.6 Å². The molecule has 2 aromatic rings. The minimum absolute atomic E-state index is 0.0575. The van der Waals surface area contributed by atoms with Gasteiger partial charge in [0.05, 0.1) is 17.2 Å². The van der Waals surface area contributed by atoms with Gasteiger partial charge in [-0.25, -0.2) is 13.4 Å². The molecule has 0 saturated heterocycles. The zero-order valence-corrected chi connectivity index (χ0v) is 16.3. The van der Waals surface area contributed by atoms with Crippen molar-refractivity contribution in [2.45, 2.75) is 17.6 Å². The molecule has 0 aliphatic heterocycles. The summed E-state index contributed by atoms with van der Waals surface area (Å²) in [6.07, 6.45) is -3.89. The van der Waals surface area contributed by atoms with Crippen LogP contribution < -0.4 is 4.74 Å². The molecule has 148 valence electrons. The number of sulfonamides is 1. The number of benzene rings is 1. The molecule has 0 spiro atoms. The smallest absolute Gasteiger partial charge is 0.417 e. The fourth-order valence-electron chi connectivity index (χ4n) is 2.07. The lowest BCUT2D eigenvalue weighted by molar-refractivity contribution is -0.137. The van der Waals surface area contributed by atoms with Gasteiger partial charge in [0.1, 0.15) is 5.75 Å². The van der Waals surface area contributed by atoms with Crippen LogP contribution in [0.5, 0.6) is 5.75 Å². The van der Waals surface area contributed by atoms with E-state index in [1.54, 1.807) is 24.3 Å². The van der Waals surface area contributed by atoms with Gasteiger partial charge in [-0.3, -0.25) is 0 Å². The SMILES string of the molecule is CN(CCCOc1cccc(Cl)c1)S(=O)(=O)c1ncc(C(F)(F)F)cc1Cl. The zero-order valence-electron chi connectivity index (χ0n) is 14.0. The predicted octanol–water partition coefficient (Wildman–Crippen LogP) is 4.50. The number of rotatable bonds is 7. The molecule has 0 bridgehead atoms. The van der Waals surface area contributed by atoms with Gasteiger partial charge in [0, 0.05) is 24.8 Å². The number of ether oxygens (including phenoxy) is 1. The molecule has 0 aliphatic rings. The summed E-state index contributed by atoms with van der Waals surface area (Å²) in [6, 6.07) is 7.27. The Morgan fingerprint density at radius 1 is 1.22 bits per heavy atom. The van der Waals surface area contributed by atoms with Crippen molar-refractivity contribution in [2.24, 2.45) is 0 Å². The average molecular weight is 443 g/mol. The molecule has 0 amide bonds. The highest BCUT2D eigenvalue weighted by Gasteiger charge is 2.33. The van der Waals surface area contributed by atoms with Crippen LogP contribution in [0.15, 0.2) is 41.6 Å². The minimum atomic E-state index is -4.66.